The zero-order valence-corrected chi connectivity index (χ0v) is 12.2. The van der Waals surface area contributed by atoms with Gasteiger partial charge < -0.3 is 5.32 Å². The molecule has 8 heteroatoms. The molecule has 0 amide bonds. The smallest absolute Gasteiger partial charge is 0.244 e. The number of likely N-dealkylation sites (N-methyl/N-ethyl adjacent to an activating group) is 1. The molecule has 0 aliphatic rings. The van der Waals surface area contributed by atoms with E-state index >= 15 is 0 Å². The van der Waals surface area contributed by atoms with Gasteiger partial charge in [-0.25, -0.2) is 13.1 Å². The second-order valence-electron chi connectivity index (χ2n) is 3.95. The molecule has 0 radical (unpaired) electrons. The van der Waals surface area contributed by atoms with Crippen molar-refractivity contribution >= 4 is 21.4 Å². The first-order valence-electron chi connectivity index (χ1n) is 5.81. The van der Waals surface area contributed by atoms with E-state index in [1.807, 2.05) is 24.6 Å². The second kappa shape index (κ2) is 6.29. The molecule has 2 heterocycles. The lowest BCUT2D eigenvalue weighted by Crippen LogP contribution is -2.22. The Labute approximate surface area is 116 Å². The topological polar surface area (TPSA) is 76.0 Å². The summed E-state index contributed by atoms with van der Waals surface area (Å²) in [5, 5.41) is 8.92. The summed E-state index contributed by atoms with van der Waals surface area (Å²) in [7, 11) is -1.65. The van der Waals surface area contributed by atoms with Crippen molar-refractivity contribution in [3.63, 3.8) is 0 Å². The molecule has 104 valence electrons. The Hall–Kier alpha value is -1.22. The van der Waals surface area contributed by atoms with Crippen LogP contribution in [0.1, 0.15) is 4.88 Å². The number of thiophene rings is 1. The van der Waals surface area contributed by atoms with E-state index in [1.165, 1.54) is 23.7 Å². The van der Waals surface area contributed by atoms with Crippen LogP contribution in [0.2, 0.25) is 0 Å². The third-order valence-electron chi connectivity index (χ3n) is 2.53. The van der Waals surface area contributed by atoms with Gasteiger partial charge >= 0.3 is 0 Å². The van der Waals surface area contributed by atoms with Gasteiger partial charge in [-0.1, -0.05) is 6.07 Å². The number of nitrogens with zero attached hydrogens (tertiary/aromatic N) is 2. The highest BCUT2D eigenvalue weighted by Gasteiger charge is 2.16. The van der Waals surface area contributed by atoms with Gasteiger partial charge in [0.1, 0.15) is 4.90 Å². The highest BCUT2D eigenvalue weighted by molar-refractivity contribution is 7.89. The average Bonchev–Trinajstić information content (AvgIpc) is 3.05. The molecule has 0 aliphatic heterocycles. The lowest BCUT2D eigenvalue weighted by atomic mass is 10.5. The maximum absolute atomic E-state index is 12.0. The van der Waals surface area contributed by atoms with Crippen LogP contribution in [0, 0.1) is 0 Å². The average molecular weight is 300 g/mol. The van der Waals surface area contributed by atoms with Gasteiger partial charge in [0.25, 0.3) is 0 Å². The van der Waals surface area contributed by atoms with Crippen molar-refractivity contribution in [1.82, 2.24) is 19.8 Å². The summed E-state index contributed by atoms with van der Waals surface area (Å²) in [5.41, 5.74) is 0. The van der Waals surface area contributed by atoms with Gasteiger partial charge in [0.2, 0.25) is 10.0 Å². The summed E-state index contributed by atoms with van der Waals surface area (Å²) in [4.78, 5) is 1.17. The van der Waals surface area contributed by atoms with Gasteiger partial charge in [0.05, 0.1) is 12.7 Å². The third-order valence-corrected chi connectivity index (χ3v) is 4.76. The molecule has 19 heavy (non-hydrogen) atoms. The van der Waals surface area contributed by atoms with E-state index in [2.05, 4.69) is 15.1 Å². The fourth-order valence-corrected chi connectivity index (χ4v) is 3.19. The summed E-state index contributed by atoms with van der Waals surface area (Å²) < 4.78 is 28.2. The zero-order chi connectivity index (χ0) is 13.7. The predicted octanol–water partition coefficient (Wildman–Crippen LogP) is 0.642. The van der Waals surface area contributed by atoms with E-state index in [9.17, 15) is 8.42 Å². The second-order valence-corrected chi connectivity index (χ2v) is 6.75. The molecule has 0 spiro atoms. The van der Waals surface area contributed by atoms with Crippen LogP contribution in [0.15, 0.2) is 34.8 Å². The van der Waals surface area contributed by atoms with E-state index in [-0.39, 0.29) is 4.90 Å². The van der Waals surface area contributed by atoms with Crippen molar-refractivity contribution in [2.45, 2.75) is 18.0 Å². The van der Waals surface area contributed by atoms with Crippen LogP contribution < -0.4 is 10.0 Å². The molecule has 6 nitrogen and oxygen atoms in total. The van der Waals surface area contributed by atoms with E-state index in [4.69, 9.17) is 0 Å². The lowest BCUT2D eigenvalue weighted by Gasteiger charge is -2.02. The van der Waals surface area contributed by atoms with E-state index < -0.39 is 10.0 Å². The van der Waals surface area contributed by atoms with Crippen LogP contribution in [0.4, 0.5) is 0 Å². The fourth-order valence-electron chi connectivity index (χ4n) is 1.49. The van der Waals surface area contributed by atoms with Crippen molar-refractivity contribution < 1.29 is 8.42 Å². The van der Waals surface area contributed by atoms with Crippen LogP contribution in [0.25, 0.3) is 0 Å². The van der Waals surface area contributed by atoms with Gasteiger partial charge in [-0.15, -0.1) is 11.3 Å². The van der Waals surface area contributed by atoms with Gasteiger partial charge in [-0.2, -0.15) is 5.10 Å². The first-order chi connectivity index (χ1) is 9.12. The van der Waals surface area contributed by atoms with Crippen LogP contribution in [-0.4, -0.2) is 31.8 Å². The summed E-state index contributed by atoms with van der Waals surface area (Å²) in [6.45, 7) is 1.68. The summed E-state index contributed by atoms with van der Waals surface area (Å²) in [5.74, 6) is 0. The van der Waals surface area contributed by atoms with E-state index in [1.54, 1.807) is 4.68 Å². The van der Waals surface area contributed by atoms with Crippen molar-refractivity contribution in [2.75, 3.05) is 13.6 Å². The molecule has 0 atom stereocenters. The number of hydrogen-bond acceptors (Lipinski definition) is 5. The Kier molecular flexibility index (Phi) is 4.70. The highest BCUT2D eigenvalue weighted by Crippen LogP contribution is 2.11. The first-order valence-corrected chi connectivity index (χ1v) is 8.17. The molecular formula is C11H16N4O2S2. The molecule has 0 saturated carbocycles. The zero-order valence-electron chi connectivity index (χ0n) is 10.5. The summed E-state index contributed by atoms with van der Waals surface area (Å²) in [6.07, 6.45) is 2.90. The quantitative estimate of drug-likeness (QED) is 0.787. The van der Waals surface area contributed by atoms with Gasteiger partial charge in [-0.05, 0) is 18.5 Å². The van der Waals surface area contributed by atoms with Crippen molar-refractivity contribution in [2.24, 2.45) is 0 Å². The Morgan fingerprint density at radius 3 is 3.00 bits per heavy atom. The maximum atomic E-state index is 12.0. The monoisotopic (exact) mass is 300 g/mol. The SMILES string of the molecule is CNCCn1cc(S(=O)(=O)NCc2cccs2)cn1. The van der Waals surface area contributed by atoms with Crippen LogP contribution in [-0.2, 0) is 23.1 Å². The Morgan fingerprint density at radius 1 is 1.47 bits per heavy atom. The van der Waals surface area contributed by atoms with Gasteiger partial charge in [0, 0.05) is 24.2 Å². The predicted molar refractivity (Wildman–Crippen MR) is 74.5 cm³/mol. The van der Waals surface area contributed by atoms with Crippen molar-refractivity contribution in [1.29, 1.82) is 0 Å². The molecule has 0 unspecified atom stereocenters. The minimum absolute atomic E-state index is 0.195. The molecule has 0 aliphatic carbocycles. The van der Waals surface area contributed by atoms with Crippen molar-refractivity contribution in [3.8, 4) is 0 Å². The Balaban J connectivity index is 2.00. The maximum Gasteiger partial charge on any atom is 0.244 e. The van der Waals surface area contributed by atoms with Crippen molar-refractivity contribution in [3.05, 3.63) is 34.8 Å². The number of hydrogen-bond donors (Lipinski definition) is 2. The van der Waals surface area contributed by atoms with E-state index in [0.29, 0.717) is 13.1 Å². The molecule has 0 fully saturated rings. The van der Waals surface area contributed by atoms with Gasteiger partial charge in [0.15, 0.2) is 0 Å². The van der Waals surface area contributed by atoms with Crippen LogP contribution in [0.3, 0.4) is 0 Å². The number of nitrogens with one attached hydrogen (secondary N) is 2. The molecule has 0 saturated heterocycles. The third kappa shape index (κ3) is 3.87. The van der Waals surface area contributed by atoms with Crippen LogP contribution in [0.5, 0.6) is 0 Å². The Morgan fingerprint density at radius 2 is 2.32 bits per heavy atom. The normalized spacial score (nSPS) is 11.8. The number of rotatable bonds is 7. The number of sulfonamides is 1. The Bertz CT molecular complexity index is 604. The highest BCUT2D eigenvalue weighted by atomic mass is 32.2. The molecule has 2 aromatic rings. The minimum atomic E-state index is -3.49. The van der Waals surface area contributed by atoms with E-state index in [0.717, 1.165) is 11.4 Å². The lowest BCUT2D eigenvalue weighted by molar-refractivity contribution is 0.576. The largest absolute Gasteiger partial charge is 0.318 e. The molecule has 0 aromatic carbocycles. The fraction of sp³-hybridized carbons (Fsp3) is 0.364. The first kappa shape index (κ1) is 14.2. The summed E-state index contributed by atoms with van der Waals surface area (Å²) in [6, 6.07) is 3.79. The standard InChI is InChI=1S/C11H16N4O2S2/c1-12-4-5-15-9-11(8-13-15)19(16,17)14-7-10-3-2-6-18-10/h2-3,6,8-9,12,14H,4-5,7H2,1H3. The number of aromatic nitrogens is 2. The molecule has 2 aromatic heterocycles. The minimum Gasteiger partial charge on any atom is -0.318 e. The molecule has 2 N–H and O–H groups in total. The van der Waals surface area contributed by atoms with Gasteiger partial charge in [-0.3, -0.25) is 4.68 Å². The molecular weight excluding hydrogens is 284 g/mol. The summed E-state index contributed by atoms with van der Waals surface area (Å²) >= 11 is 1.52. The molecule has 2 rings (SSSR count). The molecule has 0 bridgehead atoms. The van der Waals surface area contributed by atoms with Crippen LogP contribution >= 0.6 is 11.3 Å².